The van der Waals surface area contributed by atoms with E-state index in [1.165, 1.54) is 0 Å². The Morgan fingerprint density at radius 1 is 1.38 bits per heavy atom. The number of hydrogen-bond donors (Lipinski definition) is 0. The van der Waals surface area contributed by atoms with E-state index in [0.29, 0.717) is 5.56 Å². The summed E-state index contributed by atoms with van der Waals surface area (Å²) < 4.78 is 0. The van der Waals surface area contributed by atoms with E-state index in [0.717, 1.165) is 7.05 Å². The van der Waals surface area contributed by atoms with Crippen LogP contribution in [0.5, 0.6) is 0 Å². The monoisotopic (exact) mass is 201 g/mol. The summed E-state index contributed by atoms with van der Waals surface area (Å²) in [6.45, 7) is 0. The zero-order chi connectivity index (χ0) is 10.3. The fourth-order valence-electron chi connectivity index (χ4n) is 0.569. The maximum absolute atomic E-state index is 10.4. The van der Waals surface area contributed by atoms with Crippen LogP contribution in [0.15, 0.2) is 30.3 Å². The average molecular weight is 202 g/mol. The zero-order valence-corrected chi connectivity index (χ0v) is 7.69. The minimum Gasteiger partial charge on any atom is -0.276 e. The fourth-order valence-corrected chi connectivity index (χ4v) is 0.695. The highest BCUT2D eigenvalue weighted by atomic mass is 35.5. The second kappa shape index (κ2) is 6.14. The molecule has 0 bridgehead atoms. The van der Waals surface area contributed by atoms with E-state index >= 15 is 0 Å². The molecule has 0 N–H and O–H groups in total. The highest BCUT2D eigenvalue weighted by Crippen LogP contribution is 2.01. The lowest BCUT2D eigenvalue weighted by Crippen LogP contribution is -1.84. The fraction of sp³-hybridized carbons (Fsp3) is 0.125. The lowest BCUT2D eigenvalue weighted by Gasteiger charge is -1.87. The number of carbonyl (C=O) groups excluding carboxylic acids is 1. The third-order valence-electron chi connectivity index (χ3n) is 1.00. The van der Waals surface area contributed by atoms with Gasteiger partial charge in [-0.05, 0) is 11.6 Å². The number of rotatable bonds is 1. The molecular formula is C8H8ClNO3. The van der Waals surface area contributed by atoms with Crippen LogP contribution in [0.4, 0.5) is 0 Å². The number of hydrogen-bond acceptors (Lipinski definition) is 3. The van der Waals surface area contributed by atoms with Crippen LogP contribution in [0.1, 0.15) is 10.4 Å². The van der Waals surface area contributed by atoms with Gasteiger partial charge in [-0.15, -0.1) is 0 Å². The number of nitro groups is 1. The van der Waals surface area contributed by atoms with Gasteiger partial charge in [0.2, 0.25) is 0 Å². The van der Waals surface area contributed by atoms with Crippen LogP contribution >= 0.6 is 11.6 Å². The van der Waals surface area contributed by atoms with Gasteiger partial charge in [0.1, 0.15) is 0 Å². The van der Waals surface area contributed by atoms with Crippen molar-refractivity contribution >= 4 is 16.8 Å². The lowest BCUT2D eigenvalue weighted by molar-refractivity contribution is -0.445. The molecule has 4 nitrogen and oxygen atoms in total. The largest absolute Gasteiger partial charge is 0.276 e. The molecule has 0 spiro atoms. The molecule has 0 fully saturated rings. The van der Waals surface area contributed by atoms with Crippen LogP contribution in [-0.4, -0.2) is 17.2 Å². The van der Waals surface area contributed by atoms with Gasteiger partial charge in [0, 0.05) is 10.5 Å². The highest BCUT2D eigenvalue weighted by molar-refractivity contribution is 6.67. The molecule has 70 valence electrons. The van der Waals surface area contributed by atoms with Gasteiger partial charge >= 0.3 is 0 Å². The van der Waals surface area contributed by atoms with Crippen LogP contribution in [0.3, 0.4) is 0 Å². The van der Waals surface area contributed by atoms with Crippen LogP contribution in [0.2, 0.25) is 0 Å². The van der Waals surface area contributed by atoms with Crippen molar-refractivity contribution in [2.75, 3.05) is 7.05 Å². The first-order valence-corrected chi connectivity index (χ1v) is 3.74. The maximum Gasteiger partial charge on any atom is 0.252 e. The van der Waals surface area contributed by atoms with Crippen molar-refractivity contribution in [3.8, 4) is 0 Å². The Labute approximate surface area is 80.3 Å². The van der Waals surface area contributed by atoms with Gasteiger partial charge in [-0.3, -0.25) is 14.9 Å². The van der Waals surface area contributed by atoms with Gasteiger partial charge in [0.25, 0.3) is 5.24 Å². The van der Waals surface area contributed by atoms with E-state index < -0.39 is 10.2 Å². The molecule has 0 aliphatic carbocycles. The summed E-state index contributed by atoms with van der Waals surface area (Å²) in [6, 6.07) is 8.74. The van der Waals surface area contributed by atoms with E-state index in [9.17, 15) is 4.79 Å². The molecule has 0 unspecified atom stereocenters. The molecule has 5 heteroatoms. The number of carbonyl (C=O) groups is 1. The topological polar surface area (TPSA) is 60.2 Å². The Balaban J connectivity index is 0.000000310. The minimum absolute atomic E-state index is 0.407. The SMILES string of the molecule is C[N+](=O)[O-].O=C(Cl)c1ccccc1. The molecule has 0 heterocycles. The normalized spacial score (nSPS) is 8.15. The molecule has 0 atom stereocenters. The molecule has 0 radical (unpaired) electrons. The van der Waals surface area contributed by atoms with Crippen LogP contribution in [0, 0.1) is 10.1 Å². The Morgan fingerprint density at radius 3 is 2.00 bits per heavy atom. The van der Waals surface area contributed by atoms with E-state index in [1.54, 1.807) is 24.3 Å². The van der Waals surface area contributed by atoms with E-state index in [-0.39, 0.29) is 0 Å². The molecule has 13 heavy (non-hydrogen) atoms. The van der Waals surface area contributed by atoms with E-state index in [4.69, 9.17) is 21.7 Å². The van der Waals surface area contributed by atoms with Crippen molar-refractivity contribution in [2.45, 2.75) is 0 Å². The van der Waals surface area contributed by atoms with Crippen molar-refractivity contribution in [1.82, 2.24) is 0 Å². The van der Waals surface area contributed by atoms with Crippen molar-refractivity contribution in [3.63, 3.8) is 0 Å². The second-order valence-electron chi connectivity index (χ2n) is 2.08. The summed E-state index contributed by atoms with van der Waals surface area (Å²) in [4.78, 5) is 18.7. The summed E-state index contributed by atoms with van der Waals surface area (Å²) in [5.74, 6) is 0. The molecule has 1 aromatic carbocycles. The molecule has 0 aliphatic rings. The Hall–Kier alpha value is -1.42. The molecule has 0 saturated carbocycles. The molecule has 0 aromatic heterocycles. The first kappa shape index (κ1) is 11.6. The summed E-state index contributed by atoms with van der Waals surface area (Å²) in [7, 11) is 0.889. The molecule has 1 aromatic rings. The van der Waals surface area contributed by atoms with Gasteiger partial charge in [-0.2, -0.15) is 0 Å². The van der Waals surface area contributed by atoms with Gasteiger partial charge < -0.3 is 0 Å². The van der Waals surface area contributed by atoms with Gasteiger partial charge in [-0.25, -0.2) is 0 Å². The Kier molecular flexibility index (Phi) is 5.47. The molecule has 0 saturated heterocycles. The Morgan fingerprint density at radius 2 is 1.77 bits per heavy atom. The van der Waals surface area contributed by atoms with Gasteiger partial charge in [0.15, 0.2) is 7.05 Å². The number of nitrogens with zero attached hydrogens (tertiary/aromatic N) is 1. The van der Waals surface area contributed by atoms with E-state index in [2.05, 4.69) is 0 Å². The first-order valence-electron chi connectivity index (χ1n) is 3.37. The number of halogens is 1. The summed E-state index contributed by atoms with van der Waals surface area (Å²) in [6.07, 6.45) is 0. The zero-order valence-electron chi connectivity index (χ0n) is 6.94. The summed E-state index contributed by atoms with van der Waals surface area (Å²) >= 11 is 5.16. The van der Waals surface area contributed by atoms with Crippen LogP contribution < -0.4 is 0 Å². The molecular weight excluding hydrogens is 194 g/mol. The van der Waals surface area contributed by atoms with Crippen LogP contribution in [0.25, 0.3) is 0 Å². The third kappa shape index (κ3) is 6.96. The second-order valence-corrected chi connectivity index (χ2v) is 2.42. The summed E-state index contributed by atoms with van der Waals surface area (Å²) in [5.41, 5.74) is 0.541. The lowest BCUT2D eigenvalue weighted by atomic mass is 10.2. The Bertz CT molecular complexity index is 283. The summed E-state index contributed by atoms with van der Waals surface area (Å²) in [5, 5.41) is 8.40. The predicted molar refractivity (Wildman–Crippen MR) is 49.5 cm³/mol. The van der Waals surface area contributed by atoms with Crippen molar-refractivity contribution in [3.05, 3.63) is 46.0 Å². The third-order valence-corrected chi connectivity index (χ3v) is 1.22. The first-order chi connectivity index (χ1) is 6.04. The van der Waals surface area contributed by atoms with Gasteiger partial charge in [0.05, 0.1) is 0 Å². The molecule has 1 rings (SSSR count). The quantitative estimate of drug-likeness (QED) is 0.396. The van der Waals surface area contributed by atoms with E-state index in [1.807, 2.05) is 6.07 Å². The number of benzene rings is 1. The molecule has 0 amide bonds. The van der Waals surface area contributed by atoms with Gasteiger partial charge in [-0.1, -0.05) is 30.3 Å². The average Bonchev–Trinajstić information content (AvgIpc) is 2.05. The smallest absolute Gasteiger partial charge is 0.252 e. The van der Waals surface area contributed by atoms with Crippen molar-refractivity contribution in [2.24, 2.45) is 0 Å². The molecule has 0 aliphatic heterocycles. The standard InChI is InChI=1S/C7H5ClO.CH3NO2/c8-7(9)6-4-2-1-3-5-6;1-2(3)4/h1-5H;1H3. The minimum atomic E-state index is -0.500. The highest BCUT2D eigenvalue weighted by Gasteiger charge is 1.95. The van der Waals surface area contributed by atoms with Crippen LogP contribution in [-0.2, 0) is 0 Å². The van der Waals surface area contributed by atoms with Crippen molar-refractivity contribution in [1.29, 1.82) is 0 Å². The maximum atomic E-state index is 10.4. The van der Waals surface area contributed by atoms with Crippen molar-refractivity contribution < 1.29 is 9.72 Å². The predicted octanol–water partition coefficient (Wildman–Crippen LogP) is 1.96.